The van der Waals surface area contributed by atoms with Crippen molar-refractivity contribution in [2.24, 2.45) is 11.8 Å². The van der Waals surface area contributed by atoms with Crippen LogP contribution in [0.3, 0.4) is 0 Å². The van der Waals surface area contributed by atoms with Gasteiger partial charge >= 0.3 is 12.1 Å². The second kappa shape index (κ2) is 11.4. The summed E-state index contributed by atoms with van der Waals surface area (Å²) in [6, 6.07) is 16.4. The summed E-state index contributed by atoms with van der Waals surface area (Å²) in [7, 11) is 0. The normalized spacial score (nSPS) is 18.7. The van der Waals surface area contributed by atoms with Crippen LogP contribution in [0.2, 0.25) is 0 Å². The number of aliphatic carboxylic acids is 1. The zero-order valence-corrected chi connectivity index (χ0v) is 19.8. The second-order valence-corrected chi connectivity index (χ2v) is 9.85. The summed E-state index contributed by atoms with van der Waals surface area (Å²) in [6.07, 6.45) is 2.17. The number of carbonyl (C=O) groups is 3. The Morgan fingerprint density at radius 3 is 2.32 bits per heavy atom. The molecule has 0 bridgehead atoms. The van der Waals surface area contributed by atoms with Crippen molar-refractivity contribution in [2.45, 2.75) is 25.2 Å². The molecular weight excluding hydrogens is 452 g/mol. The fourth-order valence-electron chi connectivity index (χ4n) is 5.03. The van der Waals surface area contributed by atoms with Crippen LogP contribution >= 0.6 is 11.8 Å². The van der Waals surface area contributed by atoms with Gasteiger partial charge < -0.3 is 20.5 Å². The number of hydrogen-bond donors (Lipinski definition) is 3. The zero-order chi connectivity index (χ0) is 23.9. The summed E-state index contributed by atoms with van der Waals surface area (Å²) < 4.78 is 5.61. The van der Waals surface area contributed by atoms with Gasteiger partial charge in [-0.1, -0.05) is 55.0 Å². The molecule has 0 saturated heterocycles. The van der Waals surface area contributed by atoms with Gasteiger partial charge in [-0.2, -0.15) is 0 Å². The Morgan fingerprint density at radius 2 is 1.65 bits per heavy atom. The first-order valence-electron chi connectivity index (χ1n) is 11.7. The van der Waals surface area contributed by atoms with Crippen LogP contribution in [-0.4, -0.2) is 54.3 Å². The summed E-state index contributed by atoms with van der Waals surface area (Å²) >= 11 is 1.28. The van der Waals surface area contributed by atoms with Crippen molar-refractivity contribution in [3.8, 4) is 11.1 Å². The molecule has 0 spiro atoms. The van der Waals surface area contributed by atoms with E-state index >= 15 is 0 Å². The average Bonchev–Trinajstić information content (AvgIpc) is 3.44. The Balaban J connectivity index is 1.23. The third-order valence-corrected chi connectivity index (χ3v) is 7.56. The van der Waals surface area contributed by atoms with Gasteiger partial charge in [-0.3, -0.25) is 9.59 Å². The molecule has 0 heterocycles. The van der Waals surface area contributed by atoms with Gasteiger partial charge in [0.25, 0.3) is 0 Å². The van der Waals surface area contributed by atoms with Gasteiger partial charge in [-0.25, -0.2) is 4.79 Å². The summed E-state index contributed by atoms with van der Waals surface area (Å²) in [4.78, 5) is 35.6. The lowest BCUT2D eigenvalue weighted by Gasteiger charge is -2.20. The summed E-state index contributed by atoms with van der Waals surface area (Å²) in [6.45, 7) is 1.12. The summed E-state index contributed by atoms with van der Waals surface area (Å²) in [5.41, 5.74) is 4.72. The number of nitrogens with one attached hydrogen (secondary N) is 2. The molecule has 2 atom stereocenters. The molecule has 4 rings (SSSR count). The highest BCUT2D eigenvalue weighted by atomic mass is 32.2. The van der Waals surface area contributed by atoms with E-state index in [4.69, 9.17) is 9.84 Å². The van der Waals surface area contributed by atoms with Crippen molar-refractivity contribution < 1.29 is 24.2 Å². The highest BCUT2D eigenvalue weighted by Gasteiger charge is 2.33. The minimum absolute atomic E-state index is 0.0159. The quantitative estimate of drug-likeness (QED) is 0.444. The molecule has 0 radical (unpaired) electrons. The molecule has 0 aliphatic heterocycles. The third-order valence-electron chi connectivity index (χ3n) is 6.62. The first kappa shape index (κ1) is 24.1. The van der Waals surface area contributed by atoms with Crippen LogP contribution < -0.4 is 10.6 Å². The van der Waals surface area contributed by atoms with Gasteiger partial charge in [-0.15, -0.1) is 11.8 Å². The van der Waals surface area contributed by atoms with Crippen LogP contribution in [0.1, 0.15) is 36.3 Å². The summed E-state index contributed by atoms with van der Waals surface area (Å²) in [5, 5.41) is 14.4. The van der Waals surface area contributed by atoms with Crippen molar-refractivity contribution in [3.63, 3.8) is 0 Å². The Morgan fingerprint density at radius 1 is 0.971 bits per heavy atom. The summed E-state index contributed by atoms with van der Waals surface area (Å²) in [5.74, 6) is -0.328. The number of rotatable bonds is 10. The van der Waals surface area contributed by atoms with Crippen LogP contribution in [-0.2, 0) is 14.3 Å². The van der Waals surface area contributed by atoms with E-state index in [0.717, 1.165) is 19.3 Å². The standard InChI is InChI=1S/C26H30N2O5S/c29-24(30)16-34-13-12-27-25(31)18-11-5-6-17(18)14-28-26(32)33-15-23-21-9-3-1-7-19(21)20-8-2-4-10-22(20)23/h1-4,7-10,17-18,23H,5-6,11-16H2,(H,27,31)(H,28,32)(H,29,30). The van der Waals surface area contributed by atoms with E-state index in [-0.39, 0.29) is 36.0 Å². The fourth-order valence-corrected chi connectivity index (χ4v) is 5.59. The Bertz CT molecular complexity index is 998. The molecule has 8 heteroatoms. The molecule has 2 amide bonds. The lowest BCUT2D eigenvalue weighted by Crippen LogP contribution is -2.38. The first-order chi connectivity index (χ1) is 16.5. The number of thioether (sulfide) groups is 1. The number of ether oxygens (including phenoxy) is 1. The lowest BCUT2D eigenvalue weighted by molar-refractivity contribution is -0.134. The molecule has 1 fully saturated rings. The Hall–Kier alpha value is -3.00. The number of benzene rings is 2. The van der Waals surface area contributed by atoms with E-state index in [2.05, 4.69) is 34.9 Å². The fraction of sp³-hybridized carbons (Fsp3) is 0.423. The maximum Gasteiger partial charge on any atom is 0.407 e. The van der Waals surface area contributed by atoms with E-state index in [1.54, 1.807) is 0 Å². The third kappa shape index (κ3) is 5.73. The predicted molar refractivity (Wildman–Crippen MR) is 132 cm³/mol. The number of carboxylic acids is 1. The van der Waals surface area contributed by atoms with Crippen molar-refractivity contribution in [2.75, 3.05) is 31.2 Å². The molecular formula is C26H30N2O5S. The highest BCUT2D eigenvalue weighted by molar-refractivity contribution is 7.99. The average molecular weight is 483 g/mol. The van der Waals surface area contributed by atoms with Crippen molar-refractivity contribution in [3.05, 3.63) is 59.7 Å². The van der Waals surface area contributed by atoms with Gasteiger partial charge in [0.1, 0.15) is 6.61 Å². The molecule has 2 aromatic carbocycles. The number of carboxylic acid groups (broad SMARTS) is 1. The molecule has 2 aliphatic carbocycles. The minimum atomic E-state index is -0.855. The van der Waals surface area contributed by atoms with Crippen LogP contribution in [0.25, 0.3) is 11.1 Å². The largest absolute Gasteiger partial charge is 0.481 e. The van der Waals surface area contributed by atoms with Crippen LogP contribution in [0.15, 0.2) is 48.5 Å². The highest BCUT2D eigenvalue weighted by Crippen LogP contribution is 2.44. The van der Waals surface area contributed by atoms with E-state index in [1.807, 2.05) is 24.3 Å². The van der Waals surface area contributed by atoms with Gasteiger partial charge in [0.2, 0.25) is 5.91 Å². The molecule has 2 aromatic rings. The van der Waals surface area contributed by atoms with E-state index in [0.29, 0.717) is 18.8 Å². The predicted octanol–water partition coefficient (Wildman–Crippen LogP) is 3.88. The van der Waals surface area contributed by atoms with E-state index in [9.17, 15) is 14.4 Å². The number of hydrogen-bond acceptors (Lipinski definition) is 5. The SMILES string of the molecule is O=C(O)CSCCNC(=O)C1CCCC1CNC(=O)OCC1c2ccccc2-c2ccccc21. The van der Waals surface area contributed by atoms with Crippen molar-refractivity contribution >= 4 is 29.7 Å². The van der Waals surface area contributed by atoms with Crippen molar-refractivity contribution in [1.82, 2.24) is 10.6 Å². The van der Waals surface area contributed by atoms with E-state index < -0.39 is 12.1 Å². The maximum atomic E-state index is 12.6. The topological polar surface area (TPSA) is 105 Å². The lowest BCUT2D eigenvalue weighted by atomic mass is 9.95. The number of fused-ring (bicyclic) bond motifs is 3. The Kier molecular flexibility index (Phi) is 8.11. The number of amides is 2. The van der Waals surface area contributed by atoms with Crippen LogP contribution in [0.4, 0.5) is 4.79 Å². The Labute approximate surface area is 203 Å². The van der Waals surface area contributed by atoms with Crippen LogP contribution in [0.5, 0.6) is 0 Å². The smallest absolute Gasteiger partial charge is 0.407 e. The van der Waals surface area contributed by atoms with Gasteiger partial charge in [0.05, 0.1) is 5.75 Å². The molecule has 180 valence electrons. The monoisotopic (exact) mass is 482 g/mol. The zero-order valence-electron chi connectivity index (χ0n) is 19.0. The molecule has 1 saturated carbocycles. The molecule has 2 unspecified atom stereocenters. The van der Waals surface area contributed by atoms with Crippen LogP contribution in [0, 0.1) is 11.8 Å². The molecule has 3 N–H and O–H groups in total. The van der Waals surface area contributed by atoms with E-state index in [1.165, 1.54) is 34.0 Å². The van der Waals surface area contributed by atoms with Gasteiger partial charge in [-0.05, 0) is 41.0 Å². The number of alkyl carbamates (subject to hydrolysis) is 1. The molecule has 2 aliphatic rings. The molecule has 0 aromatic heterocycles. The van der Waals surface area contributed by atoms with Gasteiger partial charge in [0.15, 0.2) is 0 Å². The first-order valence-corrected chi connectivity index (χ1v) is 12.9. The minimum Gasteiger partial charge on any atom is -0.481 e. The molecule has 7 nitrogen and oxygen atoms in total. The second-order valence-electron chi connectivity index (χ2n) is 8.74. The van der Waals surface area contributed by atoms with Crippen molar-refractivity contribution in [1.29, 1.82) is 0 Å². The van der Waals surface area contributed by atoms with Gasteiger partial charge in [0, 0.05) is 30.7 Å². The number of carbonyl (C=O) groups excluding carboxylic acids is 2. The maximum absolute atomic E-state index is 12.6. The molecule has 34 heavy (non-hydrogen) atoms.